The maximum Gasteiger partial charge on any atom is 0.220 e. The van der Waals surface area contributed by atoms with Crippen LogP contribution < -0.4 is 10.1 Å². The van der Waals surface area contributed by atoms with Crippen LogP contribution in [0.3, 0.4) is 0 Å². The van der Waals surface area contributed by atoms with Crippen molar-refractivity contribution in [1.82, 2.24) is 5.32 Å². The first kappa shape index (κ1) is 19.3. The predicted molar refractivity (Wildman–Crippen MR) is 103 cm³/mol. The summed E-state index contributed by atoms with van der Waals surface area (Å²) in [5, 5.41) is 3.82. The van der Waals surface area contributed by atoms with E-state index in [4.69, 9.17) is 16.3 Å². The van der Waals surface area contributed by atoms with E-state index in [1.165, 1.54) is 16.7 Å². The Morgan fingerprint density at radius 1 is 1.16 bits per heavy atom. The molecule has 1 amide bonds. The predicted octanol–water partition coefficient (Wildman–Crippen LogP) is 5.38. The van der Waals surface area contributed by atoms with Gasteiger partial charge in [-0.1, -0.05) is 42.3 Å². The van der Waals surface area contributed by atoms with Gasteiger partial charge in [0.15, 0.2) is 0 Å². The van der Waals surface area contributed by atoms with E-state index in [0.717, 1.165) is 12.2 Å². The number of aryl methyl sites for hydroxylation is 2. The molecule has 2 rings (SSSR count). The van der Waals surface area contributed by atoms with E-state index in [1.54, 1.807) is 12.1 Å². The Labute approximate surface area is 155 Å². The van der Waals surface area contributed by atoms with Gasteiger partial charge in [0.2, 0.25) is 5.91 Å². The highest BCUT2D eigenvalue weighted by molar-refractivity contribution is 6.30. The molecule has 134 valence electrons. The molecular weight excluding hydrogens is 334 g/mol. The summed E-state index contributed by atoms with van der Waals surface area (Å²) < 4.78 is 5.62. The largest absolute Gasteiger partial charge is 0.494 e. The second kappa shape index (κ2) is 9.47. The average molecular weight is 360 g/mol. The Morgan fingerprint density at radius 2 is 1.88 bits per heavy atom. The second-order valence-corrected chi connectivity index (χ2v) is 6.73. The standard InChI is InChI=1S/C21H26ClNO2/c1-4-20(19-12-7-15(2)14-16(19)3)23-21(24)6-5-13-25-18-10-8-17(22)9-11-18/h7-12,14,20H,4-6,13H2,1-3H3,(H,23,24)/t20-/m0/s1. The Kier molecular flexibility index (Phi) is 7.32. The van der Waals surface area contributed by atoms with Crippen molar-refractivity contribution in [3.05, 3.63) is 64.2 Å². The van der Waals surface area contributed by atoms with Crippen molar-refractivity contribution in [3.8, 4) is 5.75 Å². The number of amides is 1. The molecule has 0 unspecified atom stereocenters. The first-order valence-corrected chi connectivity index (χ1v) is 9.12. The van der Waals surface area contributed by atoms with Gasteiger partial charge in [-0.2, -0.15) is 0 Å². The van der Waals surface area contributed by atoms with Crippen LogP contribution in [-0.2, 0) is 4.79 Å². The van der Waals surface area contributed by atoms with Gasteiger partial charge in [0.05, 0.1) is 12.6 Å². The summed E-state index contributed by atoms with van der Waals surface area (Å²) in [5.74, 6) is 0.832. The summed E-state index contributed by atoms with van der Waals surface area (Å²) >= 11 is 5.84. The van der Waals surface area contributed by atoms with Gasteiger partial charge in [0.25, 0.3) is 0 Å². The molecule has 4 heteroatoms. The van der Waals surface area contributed by atoms with Crippen molar-refractivity contribution in [3.63, 3.8) is 0 Å². The zero-order chi connectivity index (χ0) is 18.2. The van der Waals surface area contributed by atoms with E-state index >= 15 is 0 Å². The van der Waals surface area contributed by atoms with Crippen LogP contribution in [0.15, 0.2) is 42.5 Å². The summed E-state index contributed by atoms with van der Waals surface area (Å²) in [5.41, 5.74) is 3.65. The first-order chi connectivity index (χ1) is 12.0. The molecule has 0 spiro atoms. The maximum atomic E-state index is 12.2. The summed E-state index contributed by atoms with van der Waals surface area (Å²) in [6.07, 6.45) is 2.00. The fraction of sp³-hybridized carbons (Fsp3) is 0.381. The minimum Gasteiger partial charge on any atom is -0.494 e. The zero-order valence-electron chi connectivity index (χ0n) is 15.1. The molecule has 0 saturated heterocycles. The minimum absolute atomic E-state index is 0.0604. The molecule has 0 aliphatic heterocycles. The normalized spacial score (nSPS) is 11.8. The van der Waals surface area contributed by atoms with Crippen molar-refractivity contribution >= 4 is 17.5 Å². The summed E-state index contributed by atoms with van der Waals surface area (Å²) in [6, 6.07) is 13.7. The van der Waals surface area contributed by atoms with E-state index in [-0.39, 0.29) is 11.9 Å². The lowest BCUT2D eigenvalue weighted by Crippen LogP contribution is -2.28. The highest BCUT2D eigenvalue weighted by Crippen LogP contribution is 2.22. The van der Waals surface area contributed by atoms with E-state index < -0.39 is 0 Å². The average Bonchev–Trinajstić information content (AvgIpc) is 2.58. The van der Waals surface area contributed by atoms with Crippen molar-refractivity contribution in [1.29, 1.82) is 0 Å². The number of benzene rings is 2. The fourth-order valence-corrected chi connectivity index (χ4v) is 2.96. The van der Waals surface area contributed by atoms with Crippen LogP contribution in [0.2, 0.25) is 5.02 Å². The molecule has 3 nitrogen and oxygen atoms in total. The Morgan fingerprint density at radius 3 is 2.52 bits per heavy atom. The van der Waals surface area contributed by atoms with Crippen LogP contribution >= 0.6 is 11.6 Å². The van der Waals surface area contributed by atoms with Gasteiger partial charge in [-0.3, -0.25) is 4.79 Å². The molecule has 0 bridgehead atoms. The summed E-state index contributed by atoms with van der Waals surface area (Å²) in [7, 11) is 0. The Hall–Kier alpha value is -2.00. The lowest BCUT2D eigenvalue weighted by molar-refractivity contribution is -0.122. The van der Waals surface area contributed by atoms with E-state index in [1.807, 2.05) is 12.1 Å². The van der Waals surface area contributed by atoms with Crippen LogP contribution in [0.4, 0.5) is 0 Å². The number of carbonyl (C=O) groups excluding carboxylic acids is 1. The Balaban J connectivity index is 1.79. The van der Waals surface area contributed by atoms with Gasteiger partial charge in [0, 0.05) is 11.4 Å². The number of nitrogens with one attached hydrogen (secondary N) is 1. The number of hydrogen-bond acceptors (Lipinski definition) is 2. The van der Waals surface area contributed by atoms with Crippen LogP contribution in [0, 0.1) is 13.8 Å². The van der Waals surface area contributed by atoms with Crippen LogP contribution in [0.5, 0.6) is 5.75 Å². The highest BCUT2D eigenvalue weighted by atomic mass is 35.5. The molecule has 1 atom stereocenters. The summed E-state index contributed by atoms with van der Waals surface area (Å²) in [6.45, 7) is 6.78. The smallest absolute Gasteiger partial charge is 0.220 e. The summed E-state index contributed by atoms with van der Waals surface area (Å²) in [4.78, 5) is 12.2. The lowest BCUT2D eigenvalue weighted by atomic mass is 9.97. The van der Waals surface area contributed by atoms with Gasteiger partial charge in [-0.15, -0.1) is 0 Å². The molecule has 2 aromatic rings. The van der Waals surface area contributed by atoms with Crippen molar-refractivity contribution < 1.29 is 9.53 Å². The van der Waals surface area contributed by atoms with Gasteiger partial charge in [0.1, 0.15) is 5.75 Å². The number of halogens is 1. The van der Waals surface area contributed by atoms with Gasteiger partial charge in [-0.25, -0.2) is 0 Å². The van der Waals surface area contributed by atoms with Gasteiger partial charge >= 0.3 is 0 Å². The lowest BCUT2D eigenvalue weighted by Gasteiger charge is -2.20. The van der Waals surface area contributed by atoms with E-state index in [0.29, 0.717) is 24.5 Å². The van der Waals surface area contributed by atoms with Gasteiger partial charge in [-0.05, 0) is 62.1 Å². The SMILES string of the molecule is CC[C@H](NC(=O)CCCOc1ccc(Cl)cc1)c1ccc(C)cc1C. The van der Waals surface area contributed by atoms with Crippen molar-refractivity contribution in [2.75, 3.05) is 6.61 Å². The molecular formula is C21H26ClNO2. The molecule has 0 radical (unpaired) electrons. The molecule has 25 heavy (non-hydrogen) atoms. The third-order valence-corrected chi connectivity index (χ3v) is 4.43. The minimum atomic E-state index is 0.0604. The van der Waals surface area contributed by atoms with Crippen LogP contribution in [-0.4, -0.2) is 12.5 Å². The fourth-order valence-electron chi connectivity index (χ4n) is 2.84. The van der Waals surface area contributed by atoms with E-state index in [2.05, 4.69) is 44.3 Å². The van der Waals surface area contributed by atoms with Crippen molar-refractivity contribution in [2.24, 2.45) is 0 Å². The first-order valence-electron chi connectivity index (χ1n) is 8.74. The topological polar surface area (TPSA) is 38.3 Å². The monoisotopic (exact) mass is 359 g/mol. The molecule has 0 fully saturated rings. The highest BCUT2D eigenvalue weighted by Gasteiger charge is 2.14. The zero-order valence-corrected chi connectivity index (χ0v) is 15.9. The van der Waals surface area contributed by atoms with Crippen molar-refractivity contribution in [2.45, 2.75) is 46.1 Å². The second-order valence-electron chi connectivity index (χ2n) is 6.29. The molecule has 1 N–H and O–H groups in total. The number of rotatable bonds is 8. The van der Waals surface area contributed by atoms with Gasteiger partial charge < -0.3 is 10.1 Å². The number of hydrogen-bond donors (Lipinski definition) is 1. The van der Waals surface area contributed by atoms with E-state index in [9.17, 15) is 4.79 Å². The molecule has 0 aliphatic carbocycles. The van der Waals surface area contributed by atoms with Crippen LogP contribution in [0.25, 0.3) is 0 Å². The molecule has 0 heterocycles. The molecule has 0 saturated carbocycles. The third kappa shape index (κ3) is 6.09. The number of ether oxygens (including phenoxy) is 1. The molecule has 0 aliphatic rings. The van der Waals surface area contributed by atoms with Crippen LogP contribution in [0.1, 0.15) is 48.9 Å². The quantitative estimate of drug-likeness (QED) is 0.642. The Bertz CT molecular complexity index is 698. The maximum absolute atomic E-state index is 12.2. The third-order valence-electron chi connectivity index (χ3n) is 4.17. The molecule has 0 aromatic heterocycles. The molecule has 2 aromatic carbocycles. The number of carbonyl (C=O) groups is 1.